The predicted molar refractivity (Wildman–Crippen MR) is 68.5 cm³/mol. The molecule has 2 N–H and O–H groups in total. The standard InChI is InChI=1S/C13H15FN2S/c1-13(15,7-12-8-16-9-17-12)6-10-3-2-4-11(14)5-10/h2-5,8-9H,6-7,15H2,1H3. The third-order valence-electron chi connectivity index (χ3n) is 2.56. The molecule has 0 spiro atoms. The molecule has 90 valence electrons. The minimum absolute atomic E-state index is 0.212. The lowest BCUT2D eigenvalue weighted by atomic mass is 9.90. The summed E-state index contributed by atoms with van der Waals surface area (Å²) in [6.45, 7) is 1.98. The van der Waals surface area contributed by atoms with Crippen molar-refractivity contribution in [1.82, 2.24) is 4.98 Å². The molecule has 2 aromatic rings. The number of rotatable bonds is 4. The van der Waals surface area contributed by atoms with Gasteiger partial charge in [0.05, 0.1) is 5.51 Å². The smallest absolute Gasteiger partial charge is 0.123 e. The van der Waals surface area contributed by atoms with Crippen molar-refractivity contribution in [1.29, 1.82) is 0 Å². The second-order valence-electron chi connectivity index (χ2n) is 4.61. The van der Waals surface area contributed by atoms with Gasteiger partial charge in [-0.25, -0.2) is 4.39 Å². The molecule has 2 nitrogen and oxygen atoms in total. The van der Waals surface area contributed by atoms with Crippen LogP contribution in [-0.4, -0.2) is 10.5 Å². The van der Waals surface area contributed by atoms with Gasteiger partial charge in [0.15, 0.2) is 0 Å². The van der Waals surface area contributed by atoms with Gasteiger partial charge in [0.25, 0.3) is 0 Å². The summed E-state index contributed by atoms with van der Waals surface area (Å²) in [5.74, 6) is -0.212. The molecule has 1 heterocycles. The summed E-state index contributed by atoms with van der Waals surface area (Å²) in [6, 6.07) is 6.60. The molecule has 0 saturated heterocycles. The van der Waals surface area contributed by atoms with Crippen molar-refractivity contribution < 1.29 is 4.39 Å². The second-order valence-corrected chi connectivity index (χ2v) is 5.58. The van der Waals surface area contributed by atoms with E-state index in [4.69, 9.17) is 5.73 Å². The fourth-order valence-corrected chi connectivity index (χ4v) is 2.70. The number of nitrogens with zero attached hydrogens (tertiary/aromatic N) is 1. The van der Waals surface area contributed by atoms with Gasteiger partial charge in [0.1, 0.15) is 5.82 Å². The SMILES string of the molecule is CC(N)(Cc1cccc(F)c1)Cc1cncs1. The zero-order chi connectivity index (χ0) is 12.3. The van der Waals surface area contributed by atoms with E-state index in [1.807, 2.05) is 19.2 Å². The van der Waals surface area contributed by atoms with Crippen LogP contribution in [-0.2, 0) is 12.8 Å². The van der Waals surface area contributed by atoms with Crippen LogP contribution in [0.4, 0.5) is 4.39 Å². The highest BCUT2D eigenvalue weighted by atomic mass is 32.1. The maximum Gasteiger partial charge on any atom is 0.123 e. The maximum absolute atomic E-state index is 13.1. The van der Waals surface area contributed by atoms with E-state index < -0.39 is 0 Å². The Morgan fingerprint density at radius 3 is 2.88 bits per heavy atom. The molecule has 1 aromatic carbocycles. The fourth-order valence-electron chi connectivity index (χ4n) is 1.90. The molecule has 0 fully saturated rings. The van der Waals surface area contributed by atoms with Gasteiger partial charge in [-0.1, -0.05) is 12.1 Å². The number of nitrogens with two attached hydrogens (primary N) is 1. The Labute approximate surface area is 104 Å². The van der Waals surface area contributed by atoms with E-state index in [-0.39, 0.29) is 11.4 Å². The van der Waals surface area contributed by atoms with Crippen LogP contribution in [0.1, 0.15) is 17.4 Å². The molecule has 0 aliphatic heterocycles. The van der Waals surface area contributed by atoms with Crippen molar-refractivity contribution in [3.05, 3.63) is 52.2 Å². The lowest BCUT2D eigenvalue weighted by Crippen LogP contribution is -2.40. The van der Waals surface area contributed by atoms with Crippen LogP contribution < -0.4 is 5.73 Å². The first-order chi connectivity index (χ1) is 8.05. The van der Waals surface area contributed by atoms with Crippen molar-refractivity contribution >= 4 is 11.3 Å². The maximum atomic E-state index is 13.1. The molecule has 1 aromatic heterocycles. The van der Waals surface area contributed by atoms with Gasteiger partial charge in [-0.15, -0.1) is 11.3 Å². The van der Waals surface area contributed by atoms with Crippen molar-refractivity contribution in [3.63, 3.8) is 0 Å². The van der Waals surface area contributed by atoms with Crippen LogP contribution in [0.15, 0.2) is 36.0 Å². The highest BCUT2D eigenvalue weighted by Crippen LogP contribution is 2.19. The van der Waals surface area contributed by atoms with Crippen LogP contribution in [0.25, 0.3) is 0 Å². The van der Waals surface area contributed by atoms with Gasteiger partial charge < -0.3 is 5.73 Å². The van der Waals surface area contributed by atoms with E-state index in [1.54, 1.807) is 22.9 Å². The van der Waals surface area contributed by atoms with Gasteiger partial charge in [0.2, 0.25) is 0 Å². The average Bonchev–Trinajstić information content (AvgIpc) is 2.68. The van der Waals surface area contributed by atoms with E-state index in [0.717, 1.165) is 16.9 Å². The zero-order valence-corrected chi connectivity index (χ0v) is 10.5. The summed E-state index contributed by atoms with van der Waals surface area (Å²) in [7, 11) is 0. The monoisotopic (exact) mass is 250 g/mol. The average molecular weight is 250 g/mol. The Morgan fingerprint density at radius 1 is 1.41 bits per heavy atom. The molecule has 1 atom stereocenters. The quantitative estimate of drug-likeness (QED) is 0.906. The summed E-state index contributed by atoms with van der Waals surface area (Å²) in [6.07, 6.45) is 3.25. The molecule has 0 bridgehead atoms. The molecule has 4 heteroatoms. The molecular formula is C13H15FN2S. The summed E-state index contributed by atoms with van der Waals surface area (Å²) < 4.78 is 13.1. The molecule has 17 heavy (non-hydrogen) atoms. The summed E-state index contributed by atoms with van der Waals surface area (Å²) >= 11 is 1.60. The lowest BCUT2D eigenvalue weighted by Gasteiger charge is -2.24. The first-order valence-corrected chi connectivity index (χ1v) is 6.34. The molecule has 2 rings (SSSR count). The van der Waals surface area contributed by atoms with E-state index >= 15 is 0 Å². The third-order valence-corrected chi connectivity index (χ3v) is 3.34. The topological polar surface area (TPSA) is 38.9 Å². The van der Waals surface area contributed by atoms with E-state index in [2.05, 4.69) is 4.98 Å². The molecule has 0 radical (unpaired) electrons. The van der Waals surface area contributed by atoms with Gasteiger partial charge in [0, 0.05) is 23.0 Å². The number of hydrogen-bond donors (Lipinski definition) is 1. The molecule has 1 unspecified atom stereocenters. The Balaban J connectivity index is 2.06. The first kappa shape index (κ1) is 12.2. The first-order valence-electron chi connectivity index (χ1n) is 5.46. The molecule has 0 aliphatic rings. The van der Waals surface area contributed by atoms with E-state index in [0.29, 0.717) is 6.42 Å². The van der Waals surface area contributed by atoms with Crippen LogP contribution in [0.2, 0.25) is 0 Å². The Morgan fingerprint density at radius 2 is 2.24 bits per heavy atom. The zero-order valence-electron chi connectivity index (χ0n) is 9.69. The lowest BCUT2D eigenvalue weighted by molar-refractivity contribution is 0.464. The van der Waals surface area contributed by atoms with E-state index in [1.165, 1.54) is 12.1 Å². The van der Waals surface area contributed by atoms with Crippen molar-refractivity contribution in [2.24, 2.45) is 5.73 Å². The minimum Gasteiger partial charge on any atom is -0.325 e. The van der Waals surface area contributed by atoms with Crippen LogP contribution in [0.3, 0.4) is 0 Å². The molecular weight excluding hydrogens is 235 g/mol. The fraction of sp³-hybridized carbons (Fsp3) is 0.308. The highest BCUT2D eigenvalue weighted by Gasteiger charge is 2.20. The van der Waals surface area contributed by atoms with Crippen LogP contribution in [0.5, 0.6) is 0 Å². The number of benzene rings is 1. The molecule has 0 saturated carbocycles. The van der Waals surface area contributed by atoms with Gasteiger partial charge >= 0.3 is 0 Å². The van der Waals surface area contributed by atoms with Crippen LogP contribution >= 0.6 is 11.3 Å². The molecule has 0 amide bonds. The summed E-state index contributed by atoms with van der Waals surface area (Å²) in [5.41, 5.74) is 8.60. The molecule has 0 aliphatic carbocycles. The number of hydrogen-bond acceptors (Lipinski definition) is 3. The van der Waals surface area contributed by atoms with Gasteiger partial charge in [-0.3, -0.25) is 4.98 Å². The van der Waals surface area contributed by atoms with Crippen LogP contribution in [0, 0.1) is 5.82 Å². The number of thiazole rings is 1. The third kappa shape index (κ3) is 3.61. The number of halogens is 1. The Kier molecular flexibility index (Phi) is 3.54. The summed E-state index contributed by atoms with van der Waals surface area (Å²) in [5, 5.41) is 0. The normalized spacial score (nSPS) is 14.5. The number of aromatic nitrogens is 1. The van der Waals surface area contributed by atoms with Gasteiger partial charge in [-0.2, -0.15) is 0 Å². The van der Waals surface area contributed by atoms with Crippen molar-refractivity contribution in [2.45, 2.75) is 25.3 Å². The largest absolute Gasteiger partial charge is 0.325 e. The van der Waals surface area contributed by atoms with Gasteiger partial charge in [-0.05, 0) is 31.0 Å². The Hall–Kier alpha value is -1.26. The highest BCUT2D eigenvalue weighted by molar-refractivity contribution is 7.09. The summed E-state index contributed by atoms with van der Waals surface area (Å²) in [4.78, 5) is 5.19. The predicted octanol–water partition coefficient (Wildman–Crippen LogP) is 2.78. The second kappa shape index (κ2) is 4.94. The van der Waals surface area contributed by atoms with Crippen molar-refractivity contribution in [2.75, 3.05) is 0 Å². The van der Waals surface area contributed by atoms with E-state index in [9.17, 15) is 4.39 Å². The van der Waals surface area contributed by atoms with Crippen molar-refractivity contribution in [3.8, 4) is 0 Å². The Bertz CT molecular complexity index is 480. The minimum atomic E-state index is -0.375.